The van der Waals surface area contributed by atoms with Crippen LogP contribution in [0.15, 0.2) is 11.6 Å². The summed E-state index contributed by atoms with van der Waals surface area (Å²) in [5.74, 6) is 5.35. The van der Waals surface area contributed by atoms with Gasteiger partial charge in [0, 0.05) is 6.42 Å². The summed E-state index contributed by atoms with van der Waals surface area (Å²) in [6, 6.07) is 0. The van der Waals surface area contributed by atoms with Gasteiger partial charge in [0.1, 0.15) is 6.10 Å². The molecule has 0 heterocycles. The van der Waals surface area contributed by atoms with E-state index in [4.69, 9.17) is 4.74 Å². The maximum absolute atomic E-state index is 12.6. The monoisotopic (exact) mass is 484 g/mol. The third-order valence-corrected chi connectivity index (χ3v) is 11.7. The maximum Gasteiger partial charge on any atom is 0.308 e. The van der Waals surface area contributed by atoms with E-state index in [9.17, 15) is 4.79 Å². The van der Waals surface area contributed by atoms with Crippen LogP contribution < -0.4 is 0 Å². The van der Waals surface area contributed by atoms with Crippen molar-refractivity contribution in [3.05, 3.63) is 11.6 Å². The lowest BCUT2D eigenvalue weighted by Crippen LogP contribution is -2.51. The molecule has 0 N–H and O–H groups in total. The Balaban J connectivity index is 1.42. The summed E-state index contributed by atoms with van der Waals surface area (Å²) in [6.07, 6.45) is 19.3. The molecule has 2 heteroatoms. The highest BCUT2D eigenvalue weighted by atomic mass is 16.5. The third-order valence-electron chi connectivity index (χ3n) is 11.7. The van der Waals surface area contributed by atoms with Gasteiger partial charge in [0.2, 0.25) is 0 Å². The Morgan fingerprint density at radius 3 is 2.49 bits per heavy atom. The molecule has 0 radical (unpaired) electrons. The van der Waals surface area contributed by atoms with Gasteiger partial charge in [-0.15, -0.1) is 0 Å². The molecule has 35 heavy (non-hydrogen) atoms. The lowest BCUT2D eigenvalue weighted by atomic mass is 9.47. The van der Waals surface area contributed by atoms with E-state index in [1.807, 2.05) is 6.92 Å². The van der Waals surface area contributed by atoms with Crippen molar-refractivity contribution in [3.63, 3.8) is 0 Å². The second kappa shape index (κ2) is 10.9. The van der Waals surface area contributed by atoms with Crippen molar-refractivity contribution in [1.29, 1.82) is 0 Å². The Morgan fingerprint density at radius 2 is 1.77 bits per heavy atom. The third kappa shape index (κ3) is 5.29. The lowest BCUT2D eigenvalue weighted by molar-refractivity contribution is -0.156. The van der Waals surface area contributed by atoms with Gasteiger partial charge in [-0.3, -0.25) is 4.79 Å². The number of carbonyl (C=O) groups is 1. The highest BCUT2D eigenvalue weighted by Crippen LogP contribution is 2.67. The number of hydrogen-bond acceptors (Lipinski definition) is 2. The molecule has 0 amide bonds. The Bertz CT molecular complexity index is 767. The van der Waals surface area contributed by atoms with Crippen LogP contribution in [0, 0.1) is 52.3 Å². The van der Waals surface area contributed by atoms with E-state index in [0.717, 1.165) is 61.2 Å². The maximum atomic E-state index is 12.6. The minimum Gasteiger partial charge on any atom is -0.462 e. The van der Waals surface area contributed by atoms with Crippen molar-refractivity contribution < 1.29 is 9.53 Å². The van der Waals surface area contributed by atoms with Crippen LogP contribution in [0.25, 0.3) is 0 Å². The molecule has 2 nitrogen and oxygen atoms in total. The number of ether oxygens (including phenoxy) is 1. The summed E-state index contributed by atoms with van der Waals surface area (Å²) in [4.78, 5) is 12.6. The fraction of sp³-hybridized carbons (Fsp3) is 0.909. The first-order valence-electron chi connectivity index (χ1n) is 15.5. The Kier molecular flexibility index (Phi) is 8.49. The normalized spacial score (nSPS) is 40.3. The van der Waals surface area contributed by atoms with E-state index in [1.54, 1.807) is 5.57 Å². The average Bonchev–Trinajstić information content (AvgIpc) is 3.16. The lowest BCUT2D eigenvalue weighted by Gasteiger charge is -2.58. The summed E-state index contributed by atoms with van der Waals surface area (Å²) >= 11 is 0. The first-order chi connectivity index (χ1) is 16.6. The molecule has 200 valence electrons. The largest absolute Gasteiger partial charge is 0.462 e. The van der Waals surface area contributed by atoms with Gasteiger partial charge in [0.15, 0.2) is 0 Å². The van der Waals surface area contributed by atoms with E-state index >= 15 is 0 Å². The zero-order valence-electron chi connectivity index (χ0n) is 24.2. The first-order valence-corrected chi connectivity index (χ1v) is 15.5. The second-order valence-corrected chi connectivity index (χ2v) is 14.3. The van der Waals surface area contributed by atoms with Gasteiger partial charge in [0.25, 0.3) is 0 Å². The molecule has 4 aliphatic carbocycles. The van der Waals surface area contributed by atoms with Crippen molar-refractivity contribution >= 4 is 5.97 Å². The molecule has 0 aromatic carbocycles. The van der Waals surface area contributed by atoms with E-state index in [0.29, 0.717) is 10.8 Å². The molecule has 9 atom stereocenters. The van der Waals surface area contributed by atoms with Gasteiger partial charge in [-0.05, 0) is 97.7 Å². The number of carbonyl (C=O) groups excluding carboxylic acids is 1. The van der Waals surface area contributed by atoms with Crippen molar-refractivity contribution in [1.82, 2.24) is 0 Å². The van der Waals surface area contributed by atoms with E-state index in [-0.39, 0.29) is 18.0 Å². The zero-order chi connectivity index (χ0) is 25.4. The van der Waals surface area contributed by atoms with Crippen LogP contribution in [0.3, 0.4) is 0 Å². The fourth-order valence-electron chi connectivity index (χ4n) is 9.58. The van der Waals surface area contributed by atoms with Gasteiger partial charge in [-0.1, -0.05) is 85.8 Å². The van der Waals surface area contributed by atoms with Crippen LogP contribution in [0.5, 0.6) is 0 Å². The number of fused-ring (bicyclic) bond motifs is 5. The molecule has 0 saturated heterocycles. The van der Waals surface area contributed by atoms with Gasteiger partial charge in [0.05, 0.1) is 5.92 Å². The molecule has 3 fully saturated rings. The van der Waals surface area contributed by atoms with Crippen molar-refractivity contribution in [2.45, 2.75) is 138 Å². The zero-order valence-corrected chi connectivity index (χ0v) is 24.2. The van der Waals surface area contributed by atoms with Gasteiger partial charge < -0.3 is 4.74 Å². The minimum atomic E-state index is 0.0303. The molecule has 0 bridgehead atoms. The molecule has 5 unspecified atom stereocenters. The Hall–Kier alpha value is -0.790. The summed E-state index contributed by atoms with van der Waals surface area (Å²) in [5, 5.41) is 0. The topological polar surface area (TPSA) is 26.3 Å². The second-order valence-electron chi connectivity index (χ2n) is 14.3. The van der Waals surface area contributed by atoms with Crippen LogP contribution in [-0.4, -0.2) is 12.1 Å². The molecule has 0 aromatic heterocycles. The Morgan fingerprint density at radius 1 is 1.00 bits per heavy atom. The molecular formula is C33H56O2. The SMILES string of the molecule is CCCC(C)C(=O)OC1CC[C@@]2(C)C(=CCC3C2CC[C@@]2(C)C3CC[C@@H]2[C@H](C)CCCC(C)C)C1. The first kappa shape index (κ1) is 27.3. The molecular weight excluding hydrogens is 428 g/mol. The van der Waals surface area contributed by atoms with Gasteiger partial charge in [-0.2, -0.15) is 0 Å². The molecule has 3 saturated carbocycles. The van der Waals surface area contributed by atoms with E-state index in [1.165, 1.54) is 57.8 Å². The summed E-state index contributed by atoms with van der Waals surface area (Å²) in [7, 11) is 0. The number of esters is 1. The number of hydrogen-bond donors (Lipinski definition) is 0. The molecule has 0 aromatic rings. The molecule has 0 spiro atoms. The molecule has 4 aliphatic rings. The summed E-state index contributed by atoms with van der Waals surface area (Å²) in [5.41, 5.74) is 2.52. The molecule has 4 rings (SSSR count). The number of allylic oxidation sites excluding steroid dienone is 1. The summed E-state index contributed by atoms with van der Waals surface area (Å²) < 4.78 is 6.03. The highest BCUT2D eigenvalue weighted by molar-refractivity contribution is 5.72. The van der Waals surface area contributed by atoms with Crippen LogP contribution >= 0.6 is 0 Å². The fourth-order valence-corrected chi connectivity index (χ4v) is 9.58. The highest BCUT2D eigenvalue weighted by Gasteiger charge is 2.59. The molecule has 0 aliphatic heterocycles. The van der Waals surface area contributed by atoms with E-state index < -0.39 is 0 Å². The number of rotatable bonds is 9. The predicted octanol–water partition coefficient (Wildman–Crippen LogP) is 9.38. The van der Waals surface area contributed by atoms with Crippen LogP contribution in [0.2, 0.25) is 0 Å². The van der Waals surface area contributed by atoms with Crippen molar-refractivity contribution in [2.75, 3.05) is 0 Å². The van der Waals surface area contributed by atoms with Crippen LogP contribution in [0.1, 0.15) is 132 Å². The van der Waals surface area contributed by atoms with Gasteiger partial charge >= 0.3 is 5.97 Å². The van der Waals surface area contributed by atoms with Crippen molar-refractivity contribution in [2.24, 2.45) is 52.3 Å². The standard InChI is InChI=1S/C33H56O2/c1-8-10-24(5)31(34)35-26-17-19-32(6)25(21-26)13-14-27-29-16-15-28(23(4)12-9-11-22(2)3)33(29,7)20-18-30(27)32/h13,22-24,26-30H,8-12,14-21H2,1-7H3/t23-,24?,26?,27?,28-,29?,30?,32+,33-/m1/s1. The Labute approximate surface area is 217 Å². The van der Waals surface area contributed by atoms with Crippen LogP contribution in [0.4, 0.5) is 0 Å². The average molecular weight is 485 g/mol. The summed E-state index contributed by atoms with van der Waals surface area (Å²) in [6.45, 7) is 16.8. The minimum absolute atomic E-state index is 0.0303. The van der Waals surface area contributed by atoms with Gasteiger partial charge in [-0.25, -0.2) is 0 Å². The van der Waals surface area contributed by atoms with Crippen LogP contribution in [-0.2, 0) is 9.53 Å². The smallest absolute Gasteiger partial charge is 0.308 e. The van der Waals surface area contributed by atoms with Crippen molar-refractivity contribution in [3.8, 4) is 0 Å². The quantitative estimate of drug-likeness (QED) is 0.241. The van der Waals surface area contributed by atoms with E-state index in [2.05, 4.69) is 47.6 Å². The predicted molar refractivity (Wildman–Crippen MR) is 147 cm³/mol.